The summed E-state index contributed by atoms with van der Waals surface area (Å²) in [6, 6.07) is 11.2. The zero-order chi connectivity index (χ0) is 21.9. The van der Waals surface area contributed by atoms with Gasteiger partial charge >= 0.3 is 0 Å². The number of hydrazone groups is 1. The second-order valence-corrected chi connectivity index (χ2v) is 8.55. The number of hydrogen-bond acceptors (Lipinski definition) is 5. The molecule has 0 saturated carbocycles. The summed E-state index contributed by atoms with van der Waals surface area (Å²) in [7, 11) is 3.64. The van der Waals surface area contributed by atoms with Crippen LogP contribution in [0.25, 0.3) is 0 Å². The molecule has 6 nitrogen and oxygen atoms in total. The summed E-state index contributed by atoms with van der Waals surface area (Å²) in [6.45, 7) is 6.52. The van der Waals surface area contributed by atoms with Crippen molar-refractivity contribution in [2.75, 3.05) is 25.7 Å². The average Bonchev–Trinajstić information content (AvgIpc) is 2.71. The Hall–Kier alpha value is -2.73. The largest absolute Gasteiger partial charge is 0.493 e. The summed E-state index contributed by atoms with van der Waals surface area (Å²) < 4.78 is 10.7. The highest BCUT2D eigenvalue weighted by Crippen LogP contribution is 2.44. The smallest absolute Gasteiger partial charge is 0.277 e. The van der Waals surface area contributed by atoms with Crippen molar-refractivity contribution in [3.63, 3.8) is 0 Å². The number of nitrogens with zero attached hydrogens (tertiary/aromatic N) is 2. The van der Waals surface area contributed by atoms with Gasteiger partial charge in [0.1, 0.15) is 0 Å². The summed E-state index contributed by atoms with van der Waals surface area (Å²) >= 11 is 6.49. The number of benzene rings is 2. The van der Waals surface area contributed by atoms with Crippen molar-refractivity contribution in [3.8, 4) is 11.5 Å². The molecule has 1 atom stereocenters. The molecule has 1 amide bonds. The molecule has 7 heteroatoms. The fourth-order valence-corrected chi connectivity index (χ4v) is 4.00. The van der Waals surface area contributed by atoms with Gasteiger partial charge in [-0.05, 0) is 56.0 Å². The predicted molar refractivity (Wildman–Crippen MR) is 121 cm³/mol. The first-order valence-electron chi connectivity index (χ1n) is 9.88. The molecule has 1 heterocycles. The van der Waals surface area contributed by atoms with Crippen molar-refractivity contribution in [3.05, 3.63) is 52.5 Å². The van der Waals surface area contributed by atoms with E-state index in [2.05, 4.69) is 49.3 Å². The van der Waals surface area contributed by atoms with E-state index in [-0.39, 0.29) is 18.1 Å². The third-order valence-corrected chi connectivity index (χ3v) is 5.90. The van der Waals surface area contributed by atoms with E-state index in [0.717, 1.165) is 17.7 Å². The molecule has 1 N–H and O–H groups in total. The molecular formula is C23H28ClN3O3. The first-order chi connectivity index (χ1) is 14.2. The Morgan fingerprint density at radius 3 is 2.73 bits per heavy atom. The zero-order valence-electron chi connectivity index (χ0n) is 18.0. The van der Waals surface area contributed by atoms with Gasteiger partial charge in [0.25, 0.3) is 5.91 Å². The lowest BCUT2D eigenvalue weighted by Crippen LogP contribution is -2.45. The molecule has 0 unspecified atom stereocenters. The minimum absolute atomic E-state index is 0.0702. The minimum Gasteiger partial charge on any atom is -0.493 e. The number of amides is 1. The van der Waals surface area contributed by atoms with Gasteiger partial charge in [-0.1, -0.05) is 30.7 Å². The number of methoxy groups -OCH3 is 1. The van der Waals surface area contributed by atoms with E-state index >= 15 is 0 Å². The van der Waals surface area contributed by atoms with E-state index in [4.69, 9.17) is 21.1 Å². The van der Waals surface area contributed by atoms with Gasteiger partial charge in [-0.15, -0.1) is 0 Å². The van der Waals surface area contributed by atoms with E-state index in [0.29, 0.717) is 22.4 Å². The predicted octanol–water partition coefficient (Wildman–Crippen LogP) is 4.60. The molecule has 0 saturated heterocycles. The number of rotatable bonds is 6. The maximum absolute atomic E-state index is 12.1. The first kappa shape index (κ1) is 22.0. The Balaban J connectivity index is 1.65. The normalized spacial score (nSPS) is 17.5. The number of para-hydroxylation sites is 2. The maximum Gasteiger partial charge on any atom is 0.277 e. The number of nitrogens with one attached hydrogen (secondary N) is 1. The number of halogens is 1. The molecule has 0 fully saturated rings. The van der Waals surface area contributed by atoms with Gasteiger partial charge in [0.15, 0.2) is 18.1 Å². The van der Waals surface area contributed by atoms with Crippen LogP contribution in [0.5, 0.6) is 11.5 Å². The van der Waals surface area contributed by atoms with E-state index in [1.54, 1.807) is 25.5 Å². The average molecular weight is 430 g/mol. The zero-order valence-corrected chi connectivity index (χ0v) is 18.8. The molecule has 0 bridgehead atoms. The number of hydrogen-bond donors (Lipinski definition) is 1. The molecule has 2 aromatic carbocycles. The van der Waals surface area contributed by atoms with Crippen LogP contribution in [0.4, 0.5) is 5.69 Å². The maximum atomic E-state index is 12.1. The molecule has 3 rings (SSSR count). The summed E-state index contributed by atoms with van der Waals surface area (Å²) in [6.07, 6.45) is 2.61. The Bertz CT molecular complexity index is 959. The minimum atomic E-state index is -0.374. The molecule has 2 aromatic rings. The van der Waals surface area contributed by atoms with E-state index in [1.165, 1.54) is 5.56 Å². The van der Waals surface area contributed by atoms with Crippen LogP contribution in [-0.2, 0) is 4.79 Å². The SMILES string of the molecule is COc1ccccc1OCC(=O)N/N=C/c1cc2c(cc1Cl)N(C)C(C)(C)C[C@H]2C. The summed E-state index contributed by atoms with van der Waals surface area (Å²) in [5.74, 6) is 1.09. The lowest BCUT2D eigenvalue weighted by Gasteiger charge is -2.45. The molecule has 0 spiro atoms. The molecule has 0 aliphatic carbocycles. The lowest BCUT2D eigenvalue weighted by molar-refractivity contribution is -0.123. The summed E-state index contributed by atoms with van der Waals surface area (Å²) in [4.78, 5) is 14.3. The van der Waals surface area contributed by atoms with Crippen molar-refractivity contribution < 1.29 is 14.3 Å². The Morgan fingerprint density at radius 1 is 1.33 bits per heavy atom. The standard InChI is InChI=1S/C23H28ClN3O3/c1-15-12-23(2,3)27(4)19-11-18(24)16(10-17(15)19)13-25-26-22(28)14-30-21-9-7-6-8-20(21)29-5/h6-11,13,15H,12,14H2,1-5H3,(H,26,28)/b25-13+/t15-/m1/s1. The van der Waals surface area contributed by atoms with Crippen molar-refractivity contribution in [2.45, 2.75) is 38.6 Å². The van der Waals surface area contributed by atoms with E-state index < -0.39 is 0 Å². The van der Waals surface area contributed by atoms with Crippen LogP contribution in [0.15, 0.2) is 41.5 Å². The topological polar surface area (TPSA) is 63.2 Å². The Kier molecular flexibility index (Phi) is 6.56. The Labute approximate surface area is 182 Å². The Morgan fingerprint density at radius 2 is 2.03 bits per heavy atom. The highest BCUT2D eigenvalue weighted by molar-refractivity contribution is 6.33. The monoisotopic (exact) mass is 429 g/mol. The number of fused-ring (bicyclic) bond motifs is 1. The second-order valence-electron chi connectivity index (χ2n) is 8.14. The third-order valence-electron chi connectivity index (χ3n) is 5.57. The van der Waals surface area contributed by atoms with Crippen LogP contribution < -0.4 is 19.8 Å². The van der Waals surface area contributed by atoms with Crippen molar-refractivity contribution in [2.24, 2.45) is 5.10 Å². The second kappa shape index (κ2) is 8.96. The van der Waals surface area contributed by atoms with Gasteiger partial charge in [0.05, 0.1) is 18.3 Å². The van der Waals surface area contributed by atoms with Crippen LogP contribution in [0.3, 0.4) is 0 Å². The number of carbonyl (C=O) groups is 1. The molecule has 30 heavy (non-hydrogen) atoms. The molecule has 0 aromatic heterocycles. The third kappa shape index (κ3) is 4.70. The van der Waals surface area contributed by atoms with Gasteiger partial charge in [-0.25, -0.2) is 5.43 Å². The van der Waals surface area contributed by atoms with Gasteiger partial charge in [-0.2, -0.15) is 5.10 Å². The molecular weight excluding hydrogens is 402 g/mol. The van der Waals surface area contributed by atoms with Crippen LogP contribution in [0.1, 0.15) is 44.2 Å². The number of anilines is 1. The van der Waals surface area contributed by atoms with Gasteiger partial charge in [0, 0.05) is 23.8 Å². The summed E-state index contributed by atoms with van der Waals surface area (Å²) in [5, 5.41) is 4.64. The van der Waals surface area contributed by atoms with Crippen LogP contribution in [-0.4, -0.2) is 38.4 Å². The molecule has 0 radical (unpaired) electrons. The van der Waals surface area contributed by atoms with E-state index in [1.807, 2.05) is 18.2 Å². The fraction of sp³-hybridized carbons (Fsp3) is 0.391. The lowest BCUT2D eigenvalue weighted by atomic mass is 9.80. The molecule has 1 aliphatic rings. The van der Waals surface area contributed by atoms with E-state index in [9.17, 15) is 4.79 Å². The first-order valence-corrected chi connectivity index (χ1v) is 10.3. The van der Waals surface area contributed by atoms with Crippen molar-refractivity contribution in [1.29, 1.82) is 0 Å². The van der Waals surface area contributed by atoms with Crippen LogP contribution in [0, 0.1) is 0 Å². The van der Waals surface area contributed by atoms with Gasteiger partial charge in [-0.3, -0.25) is 4.79 Å². The molecule has 1 aliphatic heterocycles. The molecule has 160 valence electrons. The van der Waals surface area contributed by atoms with Crippen molar-refractivity contribution >= 4 is 29.4 Å². The number of carbonyl (C=O) groups excluding carboxylic acids is 1. The van der Waals surface area contributed by atoms with Crippen LogP contribution in [0.2, 0.25) is 5.02 Å². The quantitative estimate of drug-likeness (QED) is 0.538. The highest BCUT2D eigenvalue weighted by Gasteiger charge is 2.34. The van der Waals surface area contributed by atoms with Crippen LogP contribution >= 0.6 is 11.6 Å². The highest BCUT2D eigenvalue weighted by atomic mass is 35.5. The van der Waals surface area contributed by atoms with Gasteiger partial charge in [0.2, 0.25) is 0 Å². The van der Waals surface area contributed by atoms with Gasteiger partial charge < -0.3 is 14.4 Å². The van der Waals surface area contributed by atoms with Crippen molar-refractivity contribution in [1.82, 2.24) is 5.43 Å². The summed E-state index contributed by atoms with van der Waals surface area (Å²) in [5.41, 5.74) is 5.67. The fourth-order valence-electron chi connectivity index (χ4n) is 3.79. The number of ether oxygens (including phenoxy) is 2.